The molecule has 4 unspecified atom stereocenters. The monoisotopic (exact) mass is 749 g/mol. The maximum atomic E-state index is 13.2. The lowest BCUT2D eigenvalue weighted by Gasteiger charge is -2.56. The van der Waals surface area contributed by atoms with Crippen molar-refractivity contribution in [3.63, 3.8) is 0 Å². The molecule has 56 heavy (non-hydrogen) atoms. The highest BCUT2D eigenvalue weighted by Gasteiger charge is 2.51. The molecule has 5 aliphatic rings. The third-order valence-electron chi connectivity index (χ3n) is 13.3. The van der Waals surface area contributed by atoms with E-state index >= 15 is 0 Å². The number of rotatable bonds is 11. The Balaban J connectivity index is 0.869. The van der Waals surface area contributed by atoms with Crippen LogP contribution in [0.4, 0.5) is 4.79 Å². The molecule has 2 amide bonds. The Bertz CT molecular complexity index is 2110. The largest absolute Gasteiger partial charge is 0.392 e. The molecule has 0 spiro atoms. The number of nitrogens with one attached hydrogen (secondary N) is 2. The Hall–Kier alpha value is -4.53. The number of aliphatic hydroxyl groups excluding tert-OH is 1. The minimum atomic E-state index is -0.530. The first-order valence-electron chi connectivity index (χ1n) is 20.7. The van der Waals surface area contributed by atoms with Crippen molar-refractivity contribution in [2.45, 2.75) is 95.1 Å². The molecular formula is C49H55N3O4. The van der Waals surface area contributed by atoms with Gasteiger partial charge in [0.2, 0.25) is 0 Å². The van der Waals surface area contributed by atoms with Crippen LogP contribution in [0.1, 0.15) is 98.1 Å². The number of fused-ring (bicyclic) bond motifs is 1. The molecule has 5 fully saturated rings. The molecule has 1 aliphatic heterocycles. The fourth-order valence-corrected chi connectivity index (χ4v) is 10.7. The molecule has 5 aromatic rings. The summed E-state index contributed by atoms with van der Waals surface area (Å²) in [7, 11) is 2.17. The molecule has 5 aromatic carbocycles. The number of aliphatic hydroxyl groups is 1. The Kier molecular flexibility index (Phi) is 10.4. The van der Waals surface area contributed by atoms with Crippen LogP contribution in [0, 0.1) is 17.8 Å². The number of carbonyl (C=O) groups is 1. The summed E-state index contributed by atoms with van der Waals surface area (Å²) >= 11 is 0. The van der Waals surface area contributed by atoms with Gasteiger partial charge in [-0.3, -0.25) is 4.90 Å². The van der Waals surface area contributed by atoms with Crippen LogP contribution in [0.2, 0.25) is 0 Å². The van der Waals surface area contributed by atoms with Crippen molar-refractivity contribution in [1.29, 1.82) is 0 Å². The Morgan fingerprint density at radius 2 is 1.45 bits per heavy atom. The standard InChI is InChI=1S/C49H55N3O4/c1-32(42-19-16-38-7-3-4-8-44(38)24-42)52(2)30-45-25-46(40-12-10-33(31-53)11-13-40)56-47(55-45)41-17-14-39(15-18-41)43-9-5-6-34(23-43)29-50-48(54)51-49-26-35-20-36(27-49)22-37(21-35)28-49/h3-19,23-24,32,35-37,45-47,53H,20-22,25-31H2,1-2H3,(H2,50,51,54). The molecule has 4 aliphatic carbocycles. The van der Waals surface area contributed by atoms with Crippen molar-refractivity contribution in [2.24, 2.45) is 17.8 Å². The lowest BCUT2D eigenvalue weighted by molar-refractivity contribution is -0.253. The van der Waals surface area contributed by atoms with Crippen LogP contribution in [-0.2, 0) is 22.6 Å². The first-order chi connectivity index (χ1) is 27.3. The van der Waals surface area contributed by atoms with E-state index in [9.17, 15) is 9.90 Å². The maximum Gasteiger partial charge on any atom is 0.315 e. The normalized spacial score (nSPS) is 27.4. The van der Waals surface area contributed by atoms with Crippen LogP contribution in [0.5, 0.6) is 0 Å². The van der Waals surface area contributed by atoms with Gasteiger partial charge in [0, 0.05) is 36.7 Å². The topological polar surface area (TPSA) is 83.1 Å². The highest BCUT2D eigenvalue weighted by molar-refractivity contribution is 5.83. The van der Waals surface area contributed by atoms with Gasteiger partial charge in [-0.05, 0) is 127 Å². The number of likely N-dealkylation sites (N-methyl/N-ethyl adjacent to an activating group) is 1. The van der Waals surface area contributed by atoms with Crippen molar-refractivity contribution >= 4 is 16.8 Å². The third kappa shape index (κ3) is 8.01. The van der Waals surface area contributed by atoms with Crippen molar-refractivity contribution in [2.75, 3.05) is 13.6 Å². The average Bonchev–Trinajstić information content (AvgIpc) is 3.22. The Morgan fingerprint density at radius 1 is 0.750 bits per heavy atom. The summed E-state index contributed by atoms with van der Waals surface area (Å²) in [6.45, 7) is 3.51. The third-order valence-corrected chi connectivity index (χ3v) is 13.3. The van der Waals surface area contributed by atoms with Gasteiger partial charge < -0.3 is 25.2 Å². The molecule has 7 nitrogen and oxygen atoms in total. The molecule has 10 rings (SSSR count). The summed E-state index contributed by atoms with van der Waals surface area (Å²) < 4.78 is 13.4. The molecule has 1 saturated heterocycles. The molecule has 0 aromatic heterocycles. The summed E-state index contributed by atoms with van der Waals surface area (Å²) in [5.41, 5.74) is 7.50. The van der Waals surface area contributed by atoms with Crippen LogP contribution >= 0.6 is 0 Å². The predicted molar refractivity (Wildman–Crippen MR) is 222 cm³/mol. The molecule has 4 bridgehead atoms. The van der Waals surface area contributed by atoms with Crippen LogP contribution in [0.3, 0.4) is 0 Å². The minimum Gasteiger partial charge on any atom is -0.392 e. The van der Waals surface area contributed by atoms with Gasteiger partial charge in [0.15, 0.2) is 6.29 Å². The SMILES string of the molecule is CC(c1ccc2ccccc2c1)N(C)CC1CC(c2ccc(CO)cc2)OC(c2ccc(-c3cccc(CNC(=O)NC45CC6CC(CC(C6)C4)C5)c3)cc2)O1. The maximum absolute atomic E-state index is 13.2. The van der Waals surface area contributed by atoms with E-state index in [2.05, 4.69) is 133 Å². The molecule has 3 N–H and O–H groups in total. The van der Waals surface area contributed by atoms with E-state index in [1.54, 1.807) is 0 Å². The fraction of sp³-hybridized carbons (Fsp3) is 0.408. The summed E-state index contributed by atoms with van der Waals surface area (Å²) in [5.74, 6) is 2.39. The van der Waals surface area contributed by atoms with Crippen LogP contribution in [0.25, 0.3) is 21.9 Å². The lowest BCUT2D eigenvalue weighted by Crippen LogP contribution is -2.61. The van der Waals surface area contributed by atoms with E-state index < -0.39 is 6.29 Å². The molecule has 1 heterocycles. The number of urea groups is 1. The smallest absolute Gasteiger partial charge is 0.315 e. The molecule has 7 heteroatoms. The summed E-state index contributed by atoms with van der Waals surface area (Å²) in [5, 5.41) is 18.8. The van der Waals surface area contributed by atoms with Crippen molar-refractivity contribution in [1.82, 2.24) is 15.5 Å². The first-order valence-corrected chi connectivity index (χ1v) is 20.7. The van der Waals surface area contributed by atoms with Gasteiger partial charge >= 0.3 is 6.03 Å². The van der Waals surface area contributed by atoms with E-state index in [-0.39, 0.29) is 36.4 Å². The first kappa shape index (κ1) is 37.1. The highest BCUT2D eigenvalue weighted by Crippen LogP contribution is 2.55. The van der Waals surface area contributed by atoms with Gasteiger partial charge in [-0.2, -0.15) is 0 Å². The van der Waals surface area contributed by atoms with Gasteiger partial charge in [-0.1, -0.05) is 103 Å². The molecular weight excluding hydrogens is 695 g/mol. The van der Waals surface area contributed by atoms with Crippen LogP contribution in [0.15, 0.2) is 115 Å². The zero-order chi connectivity index (χ0) is 38.2. The van der Waals surface area contributed by atoms with E-state index in [1.165, 1.54) is 35.6 Å². The number of amides is 2. The number of nitrogens with zero attached hydrogens (tertiary/aromatic N) is 1. The van der Waals surface area contributed by atoms with Gasteiger partial charge in [0.25, 0.3) is 0 Å². The van der Waals surface area contributed by atoms with Crippen molar-refractivity contribution in [3.8, 4) is 11.1 Å². The van der Waals surface area contributed by atoms with E-state index in [0.717, 1.165) is 83.4 Å². The van der Waals surface area contributed by atoms with E-state index in [4.69, 9.17) is 9.47 Å². The molecule has 4 saturated carbocycles. The number of carbonyl (C=O) groups excluding carboxylic acids is 1. The van der Waals surface area contributed by atoms with Crippen molar-refractivity contribution < 1.29 is 19.4 Å². The Morgan fingerprint density at radius 3 is 2.16 bits per heavy atom. The molecule has 0 radical (unpaired) electrons. The van der Waals surface area contributed by atoms with Crippen molar-refractivity contribution in [3.05, 3.63) is 143 Å². The zero-order valence-electron chi connectivity index (χ0n) is 32.7. The zero-order valence-corrected chi connectivity index (χ0v) is 32.7. The minimum absolute atomic E-state index is 0.00496. The lowest BCUT2D eigenvalue weighted by atomic mass is 9.53. The molecule has 4 atom stereocenters. The molecule has 290 valence electrons. The number of ether oxygens (including phenoxy) is 2. The number of hydrogen-bond acceptors (Lipinski definition) is 5. The number of hydrogen-bond donors (Lipinski definition) is 3. The van der Waals surface area contributed by atoms with Gasteiger partial charge in [-0.15, -0.1) is 0 Å². The van der Waals surface area contributed by atoms with Gasteiger partial charge in [0.1, 0.15) is 0 Å². The second-order valence-electron chi connectivity index (χ2n) is 17.4. The highest BCUT2D eigenvalue weighted by atomic mass is 16.7. The van der Waals surface area contributed by atoms with Gasteiger partial charge in [-0.25, -0.2) is 4.79 Å². The predicted octanol–water partition coefficient (Wildman–Crippen LogP) is 10.0. The summed E-state index contributed by atoms with van der Waals surface area (Å²) in [6.07, 6.45) is 7.52. The van der Waals surface area contributed by atoms with Crippen LogP contribution < -0.4 is 10.6 Å². The van der Waals surface area contributed by atoms with Crippen LogP contribution in [-0.4, -0.2) is 41.3 Å². The second-order valence-corrected chi connectivity index (χ2v) is 17.4. The second kappa shape index (κ2) is 15.8. The summed E-state index contributed by atoms with van der Waals surface area (Å²) in [4.78, 5) is 15.5. The van der Waals surface area contributed by atoms with E-state index in [1.807, 2.05) is 12.1 Å². The summed E-state index contributed by atoms with van der Waals surface area (Å²) in [6, 6.07) is 40.4. The fourth-order valence-electron chi connectivity index (χ4n) is 10.7. The van der Waals surface area contributed by atoms with Gasteiger partial charge in [0.05, 0.1) is 18.8 Å². The average molecular weight is 750 g/mol. The quantitative estimate of drug-likeness (QED) is 0.125. The Labute approximate surface area is 331 Å². The number of benzene rings is 5. The van der Waals surface area contributed by atoms with E-state index in [0.29, 0.717) is 6.54 Å².